The SMILES string of the molecule is [2H]c1c([2H])c([2H])c(-c2c([2H])c([2H])c([2H])c([2H])c2-c2c3ccccc3c(-c3c([2H])c([2H])c4c(oc5c([2H])c([2H])c([2H])c([2H])c54)c3[2H])c3ccccc23)c([2H])c1[2H]. The van der Waals surface area contributed by atoms with Crippen LogP contribution in [0.5, 0.6) is 0 Å². The summed E-state index contributed by atoms with van der Waals surface area (Å²) in [5, 5.41) is 1.21. The number of hydrogen-bond donors (Lipinski definition) is 0. The van der Waals surface area contributed by atoms with E-state index in [1.807, 2.05) is 0 Å². The Hall–Kier alpha value is -5.14. The third-order valence-electron chi connectivity index (χ3n) is 6.75. The van der Waals surface area contributed by atoms with Gasteiger partial charge in [0.15, 0.2) is 0 Å². The second kappa shape index (κ2) is 8.72. The molecule has 0 amide bonds. The van der Waals surface area contributed by atoms with Gasteiger partial charge in [-0.3, -0.25) is 0 Å². The number of hydrogen-bond acceptors (Lipinski definition) is 1. The number of fused-ring (bicyclic) bond motifs is 5. The van der Waals surface area contributed by atoms with Gasteiger partial charge in [-0.15, -0.1) is 0 Å². The summed E-state index contributed by atoms with van der Waals surface area (Å²) in [6.45, 7) is 0. The van der Waals surface area contributed by atoms with Gasteiger partial charge in [0.05, 0.1) is 21.9 Å². The first kappa shape index (κ1) is 11.3. The lowest BCUT2D eigenvalue weighted by atomic mass is 9.84. The molecule has 1 nitrogen and oxygen atoms in total. The quantitative estimate of drug-likeness (QED) is 0.215. The van der Waals surface area contributed by atoms with Crippen molar-refractivity contribution in [3.8, 4) is 33.4 Å². The average molecular weight is 513 g/mol. The molecule has 0 saturated heterocycles. The molecule has 0 aliphatic heterocycles. The van der Waals surface area contributed by atoms with Gasteiger partial charge in [-0.1, -0.05) is 127 Å². The number of furan rings is 1. The maximum Gasteiger partial charge on any atom is 0.136 e. The lowest BCUT2D eigenvalue weighted by Gasteiger charge is -2.19. The first-order valence-corrected chi connectivity index (χ1v) is 12.1. The van der Waals surface area contributed by atoms with Gasteiger partial charge in [-0.05, 0) is 73.1 Å². The first-order valence-electron chi connectivity index (χ1n) is 20.1. The van der Waals surface area contributed by atoms with Crippen LogP contribution in [0.3, 0.4) is 0 Å². The van der Waals surface area contributed by atoms with Crippen LogP contribution in [0.25, 0.3) is 76.9 Å². The zero-order valence-corrected chi connectivity index (χ0v) is 20.0. The van der Waals surface area contributed by atoms with Crippen LogP contribution >= 0.6 is 0 Å². The minimum absolute atomic E-state index is 0.0634. The van der Waals surface area contributed by atoms with Crippen molar-refractivity contribution in [2.24, 2.45) is 0 Å². The number of para-hydroxylation sites is 1. The van der Waals surface area contributed by atoms with Gasteiger partial charge in [-0.2, -0.15) is 0 Å². The topological polar surface area (TPSA) is 13.1 Å². The van der Waals surface area contributed by atoms with Gasteiger partial charge < -0.3 is 4.42 Å². The van der Waals surface area contributed by atoms with E-state index in [1.54, 1.807) is 48.5 Å². The fraction of sp³-hybridized carbons (Fsp3) is 0. The van der Waals surface area contributed by atoms with Crippen molar-refractivity contribution >= 4 is 43.5 Å². The maximum atomic E-state index is 9.42. The Balaban J connectivity index is 1.58. The first-order chi connectivity index (χ1) is 26.0. The number of benzene rings is 7. The Morgan fingerprint density at radius 3 is 1.69 bits per heavy atom. The van der Waals surface area contributed by atoms with Crippen molar-refractivity contribution < 1.29 is 26.3 Å². The van der Waals surface area contributed by atoms with Crippen LogP contribution in [0.2, 0.25) is 0 Å². The predicted molar refractivity (Wildman–Crippen MR) is 165 cm³/mol. The highest BCUT2D eigenvalue weighted by Crippen LogP contribution is 2.46. The highest BCUT2D eigenvalue weighted by atomic mass is 16.3. The summed E-state index contributed by atoms with van der Waals surface area (Å²) in [5.41, 5.74) is -0.920. The van der Waals surface area contributed by atoms with Crippen molar-refractivity contribution in [2.45, 2.75) is 0 Å². The van der Waals surface area contributed by atoms with Crippen molar-refractivity contribution in [1.82, 2.24) is 0 Å². The summed E-state index contributed by atoms with van der Waals surface area (Å²) < 4.78 is 145. The monoisotopic (exact) mass is 512 g/mol. The van der Waals surface area contributed by atoms with E-state index >= 15 is 0 Å². The zero-order chi connectivity index (χ0) is 39.7. The highest BCUT2D eigenvalue weighted by molar-refractivity contribution is 6.23. The van der Waals surface area contributed by atoms with Crippen LogP contribution in [0.15, 0.2) is 150 Å². The Labute approximate surface area is 249 Å². The van der Waals surface area contributed by atoms with Crippen LogP contribution in [-0.2, 0) is 0 Å². The average Bonchev–Trinajstić information content (AvgIpc) is 3.60. The van der Waals surface area contributed by atoms with Crippen molar-refractivity contribution in [3.63, 3.8) is 0 Å². The molecule has 1 heterocycles. The summed E-state index contributed by atoms with van der Waals surface area (Å²) in [4.78, 5) is 0. The molecule has 1 heteroatoms. The van der Waals surface area contributed by atoms with E-state index < -0.39 is 96.2 Å². The fourth-order valence-corrected chi connectivity index (χ4v) is 5.15. The molecular weight excluding hydrogens is 472 g/mol. The summed E-state index contributed by atoms with van der Waals surface area (Å²) in [7, 11) is 0. The molecule has 0 radical (unpaired) electrons. The van der Waals surface area contributed by atoms with Crippen LogP contribution in [0.4, 0.5) is 0 Å². The van der Waals surface area contributed by atoms with Crippen LogP contribution in [-0.4, -0.2) is 0 Å². The summed E-state index contributed by atoms with van der Waals surface area (Å²) in [6.07, 6.45) is 0. The third kappa shape index (κ3) is 3.41. The van der Waals surface area contributed by atoms with E-state index in [0.29, 0.717) is 21.5 Å². The molecule has 8 aromatic rings. The molecule has 7 aromatic carbocycles. The van der Waals surface area contributed by atoms with E-state index in [0.717, 1.165) is 0 Å². The Morgan fingerprint density at radius 2 is 0.974 bits per heavy atom. The van der Waals surface area contributed by atoms with Gasteiger partial charge >= 0.3 is 0 Å². The molecule has 8 rings (SSSR count). The minimum atomic E-state index is -0.689. The molecule has 0 N–H and O–H groups in total. The van der Waals surface area contributed by atoms with Gasteiger partial charge in [0.1, 0.15) is 11.2 Å². The predicted octanol–water partition coefficient (Wildman–Crippen LogP) is 10.9. The van der Waals surface area contributed by atoms with E-state index in [-0.39, 0.29) is 55.8 Å². The molecule has 0 fully saturated rings. The van der Waals surface area contributed by atoms with Crippen molar-refractivity contribution in [1.29, 1.82) is 0 Å². The molecule has 0 spiro atoms. The highest BCUT2D eigenvalue weighted by Gasteiger charge is 2.19. The lowest BCUT2D eigenvalue weighted by molar-refractivity contribution is 0.669. The molecule has 1 aromatic heterocycles. The Kier molecular flexibility index (Phi) is 2.53. The van der Waals surface area contributed by atoms with E-state index in [2.05, 4.69) is 0 Å². The Bertz CT molecular complexity index is 2970. The van der Waals surface area contributed by atoms with Crippen LogP contribution in [0.1, 0.15) is 21.9 Å². The fourth-order valence-electron chi connectivity index (χ4n) is 5.15. The third-order valence-corrected chi connectivity index (χ3v) is 6.75. The summed E-state index contributed by atoms with van der Waals surface area (Å²) >= 11 is 0. The minimum Gasteiger partial charge on any atom is -0.456 e. The maximum absolute atomic E-state index is 9.42. The molecule has 0 unspecified atom stereocenters. The molecule has 182 valence electrons. The standard InChI is InChI=1S/C38H24O/c1-2-12-25(13-3-1)27-14-4-5-16-30(27)38-33-19-8-6-17-31(33)37(32-18-7-9-20-34(32)38)26-22-23-29-28-15-10-11-21-35(28)39-36(29)24-26/h1-24H/i1D,2D,3D,4D,5D,10D,11D,12D,13D,14D,15D,16D,21D,22D,23D,24D. The molecule has 0 saturated carbocycles. The summed E-state index contributed by atoms with van der Waals surface area (Å²) in [6, 6.07) is 4.18. The van der Waals surface area contributed by atoms with Gasteiger partial charge in [0, 0.05) is 10.8 Å². The Morgan fingerprint density at radius 1 is 0.410 bits per heavy atom. The van der Waals surface area contributed by atoms with Crippen molar-refractivity contribution in [2.75, 3.05) is 0 Å². The largest absolute Gasteiger partial charge is 0.456 e. The second-order valence-corrected chi connectivity index (χ2v) is 8.85. The molecule has 0 aliphatic rings. The molecule has 0 aliphatic carbocycles. The van der Waals surface area contributed by atoms with Crippen LogP contribution in [0, 0.1) is 0 Å². The van der Waals surface area contributed by atoms with E-state index in [4.69, 9.17) is 22.2 Å². The van der Waals surface area contributed by atoms with Crippen LogP contribution < -0.4 is 0 Å². The van der Waals surface area contributed by atoms with E-state index in [1.165, 1.54) is 0 Å². The van der Waals surface area contributed by atoms with Gasteiger partial charge in [0.25, 0.3) is 0 Å². The molecular formula is C38H24O. The normalized spacial score (nSPS) is 17.3. The van der Waals surface area contributed by atoms with Crippen molar-refractivity contribution in [3.05, 3.63) is 145 Å². The zero-order valence-electron chi connectivity index (χ0n) is 36.0. The molecule has 0 atom stereocenters. The van der Waals surface area contributed by atoms with Gasteiger partial charge in [0.2, 0.25) is 0 Å². The van der Waals surface area contributed by atoms with Gasteiger partial charge in [-0.25, -0.2) is 0 Å². The summed E-state index contributed by atoms with van der Waals surface area (Å²) in [5.74, 6) is 0. The number of rotatable bonds is 3. The lowest BCUT2D eigenvalue weighted by Crippen LogP contribution is -1.92. The smallest absolute Gasteiger partial charge is 0.136 e. The second-order valence-electron chi connectivity index (χ2n) is 8.85. The molecule has 0 bridgehead atoms. The van der Waals surface area contributed by atoms with E-state index in [9.17, 15) is 4.11 Å². The molecule has 39 heavy (non-hydrogen) atoms.